The molecular formula is C12H16ClFN2O2. The highest BCUT2D eigenvalue weighted by molar-refractivity contribution is 6.32. The Bertz CT molecular complexity index is 415. The fourth-order valence-electron chi connectivity index (χ4n) is 1.42. The molecule has 1 aromatic rings. The van der Waals surface area contributed by atoms with Gasteiger partial charge in [0.15, 0.2) is 0 Å². The minimum Gasteiger partial charge on any atom is -0.396 e. The Balaban J connectivity index is 2.43. The van der Waals surface area contributed by atoms with Gasteiger partial charge in [0.25, 0.3) is 5.91 Å². The first-order valence-corrected chi connectivity index (χ1v) is 6.12. The molecule has 0 spiro atoms. The molecule has 6 heteroatoms. The summed E-state index contributed by atoms with van der Waals surface area (Å²) in [6, 6.07) is 1.06. The van der Waals surface area contributed by atoms with Crippen molar-refractivity contribution in [3.05, 3.63) is 28.8 Å². The van der Waals surface area contributed by atoms with E-state index < -0.39 is 11.7 Å². The third kappa shape index (κ3) is 4.58. The molecule has 1 atom stereocenters. The second-order valence-electron chi connectivity index (χ2n) is 4.18. The van der Waals surface area contributed by atoms with Crippen LogP contribution in [0.1, 0.15) is 30.1 Å². The highest BCUT2D eigenvalue weighted by Crippen LogP contribution is 2.13. The van der Waals surface area contributed by atoms with E-state index in [2.05, 4.69) is 10.3 Å². The van der Waals surface area contributed by atoms with Crippen LogP contribution in [0.2, 0.25) is 5.15 Å². The van der Waals surface area contributed by atoms with Gasteiger partial charge in [0.05, 0.1) is 11.8 Å². The quantitative estimate of drug-likeness (QED) is 0.616. The average molecular weight is 275 g/mol. The monoisotopic (exact) mass is 274 g/mol. The molecule has 0 fully saturated rings. The minimum absolute atomic E-state index is 0.0161. The van der Waals surface area contributed by atoms with E-state index in [9.17, 15) is 9.18 Å². The van der Waals surface area contributed by atoms with Crippen LogP contribution in [0.25, 0.3) is 0 Å². The van der Waals surface area contributed by atoms with Crippen LogP contribution in [-0.2, 0) is 0 Å². The van der Waals surface area contributed by atoms with E-state index in [0.717, 1.165) is 25.1 Å². The summed E-state index contributed by atoms with van der Waals surface area (Å²) in [5.74, 6) is -0.830. The van der Waals surface area contributed by atoms with Crippen LogP contribution in [0.5, 0.6) is 0 Å². The van der Waals surface area contributed by atoms with Crippen molar-refractivity contribution in [2.24, 2.45) is 5.92 Å². The van der Waals surface area contributed by atoms with Crippen LogP contribution in [0.15, 0.2) is 12.3 Å². The van der Waals surface area contributed by atoms with Crippen LogP contribution in [-0.4, -0.2) is 29.1 Å². The maximum absolute atomic E-state index is 12.9. The van der Waals surface area contributed by atoms with Gasteiger partial charge in [-0.3, -0.25) is 4.79 Å². The molecule has 1 heterocycles. The Hall–Kier alpha value is -1.20. The fraction of sp³-hybridized carbons (Fsp3) is 0.500. The summed E-state index contributed by atoms with van der Waals surface area (Å²) in [7, 11) is 0. The summed E-state index contributed by atoms with van der Waals surface area (Å²) in [5, 5.41) is 11.5. The van der Waals surface area contributed by atoms with Crippen molar-refractivity contribution in [2.45, 2.75) is 19.8 Å². The molecule has 0 bridgehead atoms. The lowest BCUT2D eigenvalue weighted by molar-refractivity contribution is 0.0951. The number of aromatic nitrogens is 1. The number of carbonyl (C=O) groups excluding carboxylic acids is 1. The third-order valence-corrected chi connectivity index (χ3v) is 2.82. The normalized spacial score (nSPS) is 12.2. The van der Waals surface area contributed by atoms with Crippen LogP contribution in [0, 0.1) is 11.7 Å². The number of aliphatic hydroxyl groups excluding tert-OH is 1. The summed E-state index contributed by atoms with van der Waals surface area (Å²) < 4.78 is 12.9. The molecule has 0 radical (unpaired) electrons. The number of rotatable bonds is 6. The van der Waals surface area contributed by atoms with Crippen LogP contribution >= 0.6 is 11.6 Å². The molecular weight excluding hydrogens is 259 g/mol. The number of hydrogen-bond acceptors (Lipinski definition) is 3. The SMILES string of the molecule is CC(CO)CCCNC(=O)c1cc(F)cnc1Cl. The highest BCUT2D eigenvalue weighted by atomic mass is 35.5. The molecule has 1 aromatic heterocycles. The molecule has 1 unspecified atom stereocenters. The summed E-state index contributed by atoms with van der Waals surface area (Å²) in [6.07, 6.45) is 2.52. The highest BCUT2D eigenvalue weighted by Gasteiger charge is 2.12. The first-order chi connectivity index (χ1) is 8.54. The van der Waals surface area contributed by atoms with Crippen LogP contribution < -0.4 is 5.32 Å². The van der Waals surface area contributed by atoms with Crippen molar-refractivity contribution < 1.29 is 14.3 Å². The molecule has 2 N–H and O–H groups in total. The zero-order valence-electron chi connectivity index (χ0n) is 10.1. The van der Waals surface area contributed by atoms with Gasteiger partial charge in [0, 0.05) is 13.2 Å². The molecule has 0 saturated carbocycles. The van der Waals surface area contributed by atoms with Gasteiger partial charge in [0.2, 0.25) is 0 Å². The molecule has 0 aromatic carbocycles. The maximum atomic E-state index is 12.9. The van der Waals surface area contributed by atoms with Crippen molar-refractivity contribution in [3.8, 4) is 0 Å². The predicted octanol–water partition coefficient (Wildman–Crippen LogP) is 2.01. The maximum Gasteiger partial charge on any atom is 0.254 e. The summed E-state index contributed by atoms with van der Waals surface area (Å²) in [4.78, 5) is 15.2. The van der Waals surface area contributed by atoms with E-state index in [4.69, 9.17) is 16.7 Å². The van der Waals surface area contributed by atoms with Gasteiger partial charge < -0.3 is 10.4 Å². The fourth-order valence-corrected chi connectivity index (χ4v) is 1.61. The van der Waals surface area contributed by atoms with E-state index in [1.807, 2.05) is 6.92 Å². The Kier molecular flexibility index (Phi) is 6.01. The van der Waals surface area contributed by atoms with Gasteiger partial charge in [-0.15, -0.1) is 0 Å². The third-order valence-electron chi connectivity index (χ3n) is 2.52. The second kappa shape index (κ2) is 7.28. The lowest BCUT2D eigenvalue weighted by atomic mass is 10.1. The molecule has 0 saturated heterocycles. The first kappa shape index (κ1) is 14.9. The Labute approximate surface area is 110 Å². The number of carbonyl (C=O) groups is 1. The number of pyridine rings is 1. The van der Waals surface area contributed by atoms with Gasteiger partial charge >= 0.3 is 0 Å². The van der Waals surface area contributed by atoms with Gasteiger partial charge in [-0.2, -0.15) is 0 Å². The van der Waals surface area contributed by atoms with Crippen molar-refractivity contribution >= 4 is 17.5 Å². The number of hydrogen-bond donors (Lipinski definition) is 2. The van der Waals surface area contributed by atoms with Gasteiger partial charge in [-0.05, 0) is 24.8 Å². The van der Waals surface area contributed by atoms with E-state index in [1.54, 1.807) is 0 Å². The molecule has 0 aliphatic carbocycles. The predicted molar refractivity (Wildman–Crippen MR) is 67.0 cm³/mol. The zero-order valence-corrected chi connectivity index (χ0v) is 10.9. The van der Waals surface area contributed by atoms with E-state index >= 15 is 0 Å². The van der Waals surface area contributed by atoms with E-state index in [-0.39, 0.29) is 23.2 Å². The number of halogens is 2. The van der Waals surface area contributed by atoms with Crippen LogP contribution in [0.3, 0.4) is 0 Å². The molecule has 1 rings (SSSR count). The summed E-state index contributed by atoms with van der Waals surface area (Å²) >= 11 is 5.71. The molecule has 1 amide bonds. The number of aliphatic hydroxyl groups is 1. The lowest BCUT2D eigenvalue weighted by Crippen LogP contribution is -2.25. The van der Waals surface area contributed by atoms with Crippen molar-refractivity contribution in [2.75, 3.05) is 13.2 Å². The molecule has 4 nitrogen and oxygen atoms in total. The molecule has 0 aliphatic heterocycles. The second-order valence-corrected chi connectivity index (χ2v) is 4.54. The molecule has 0 aliphatic rings. The zero-order chi connectivity index (χ0) is 13.5. The Morgan fingerprint density at radius 3 is 3.06 bits per heavy atom. The van der Waals surface area contributed by atoms with Gasteiger partial charge in [0.1, 0.15) is 11.0 Å². The minimum atomic E-state index is -0.599. The van der Waals surface area contributed by atoms with Gasteiger partial charge in [-0.25, -0.2) is 9.37 Å². The molecule has 18 heavy (non-hydrogen) atoms. The summed E-state index contributed by atoms with van der Waals surface area (Å²) in [6.45, 7) is 2.51. The standard InChI is InChI=1S/C12H16ClFN2O2/c1-8(7-17)3-2-4-15-12(18)10-5-9(14)6-16-11(10)13/h5-6,8,17H,2-4,7H2,1H3,(H,15,18). The van der Waals surface area contributed by atoms with Crippen molar-refractivity contribution in [1.82, 2.24) is 10.3 Å². The first-order valence-electron chi connectivity index (χ1n) is 5.74. The van der Waals surface area contributed by atoms with Crippen LogP contribution in [0.4, 0.5) is 4.39 Å². The lowest BCUT2D eigenvalue weighted by Gasteiger charge is -2.09. The Morgan fingerprint density at radius 2 is 2.39 bits per heavy atom. The number of nitrogens with zero attached hydrogens (tertiary/aromatic N) is 1. The average Bonchev–Trinajstić information content (AvgIpc) is 2.36. The van der Waals surface area contributed by atoms with Crippen molar-refractivity contribution in [3.63, 3.8) is 0 Å². The Morgan fingerprint density at radius 1 is 1.67 bits per heavy atom. The topological polar surface area (TPSA) is 62.2 Å². The number of amides is 1. The van der Waals surface area contributed by atoms with Gasteiger partial charge in [-0.1, -0.05) is 18.5 Å². The molecule has 100 valence electrons. The smallest absolute Gasteiger partial charge is 0.254 e. The van der Waals surface area contributed by atoms with E-state index in [1.165, 1.54) is 0 Å². The number of nitrogens with one attached hydrogen (secondary N) is 1. The largest absolute Gasteiger partial charge is 0.396 e. The van der Waals surface area contributed by atoms with E-state index in [0.29, 0.717) is 6.54 Å². The summed E-state index contributed by atoms with van der Waals surface area (Å²) in [5.41, 5.74) is 0.0341. The van der Waals surface area contributed by atoms with Crippen molar-refractivity contribution in [1.29, 1.82) is 0 Å².